The van der Waals surface area contributed by atoms with Gasteiger partial charge in [-0.1, -0.05) is 42.1 Å². The van der Waals surface area contributed by atoms with Gasteiger partial charge in [0.05, 0.1) is 22.6 Å². The number of amides is 1. The minimum atomic E-state index is -0.829. The molecule has 0 radical (unpaired) electrons. The van der Waals surface area contributed by atoms with Crippen molar-refractivity contribution in [1.29, 1.82) is 0 Å². The van der Waals surface area contributed by atoms with E-state index >= 15 is 0 Å². The number of carboxylic acid groups (broad SMARTS) is 1. The molecule has 4 unspecified atom stereocenters. The number of nitrogens with zero attached hydrogens (tertiary/aromatic N) is 1. The molecule has 0 spiro atoms. The second kappa shape index (κ2) is 8.15. The van der Waals surface area contributed by atoms with Gasteiger partial charge in [0.1, 0.15) is 6.04 Å². The number of hydrogen-bond donors (Lipinski definition) is 2. The smallest absolute Gasteiger partial charge is 0.320 e. The summed E-state index contributed by atoms with van der Waals surface area (Å²) in [5.74, 6) is -0.601. The van der Waals surface area contributed by atoms with Crippen LogP contribution in [0.15, 0.2) is 18.2 Å². The summed E-state index contributed by atoms with van der Waals surface area (Å²) >= 11 is 12.0. The molecule has 1 amide bonds. The lowest BCUT2D eigenvalue weighted by Crippen LogP contribution is -2.47. The average molecular weight is 399 g/mol. The van der Waals surface area contributed by atoms with E-state index in [1.54, 1.807) is 12.1 Å². The third-order valence-corrected chi connectivity index (χ3v) is 6.39. The standard InChI is InChI=1S/C19H24Cl2N2O3/c1-11(12-6-7-14(20)15(21)8-12)22-18(24)10-23-16-5-3-2-4-13(16)9-17(23)19(25)26/h6-8,11,13,16-17H,2-5,9-10H2,1H3,(H,22,24)(H,25,26). The maximum Gasteiger partial charge on any atom is 0.320 e. The van der Waals surface area contributed by atoms with Crippen molar-refractivity contribution in [3.63, 3.8) is 0 Å². The second-order valence-corrected chi connectivity index (χ2v) is 8.15. The summed E-state index contributed by atoms with van der Waals surface area (Å²) in [5.41, 5.74) is 0.861. The van der Waals surface area contributed by atoms with Crippen molar-refractivity contribution in [2.24, 2.45) is 5.92 Å². The summed E-state index contributed by atoms with van der Waals surface area (Å²) in [6.07, 6.45) is 4.94. The molecule has 1 aromatic carbocycles. The van der Waals surface area contributed by atoms with Crippen molar-refractivity contribution < 1.29 is 14.7 Å². The van der Waals surface area contributed by atoms with Gasteiger partial charge in [-0.3, -0.25) is 14.5 Å². The monoisotopic (exact) mass is 398 g/mol. The van der Waals surface area contributed by atoms with Gasteiger partial charge in [-0.15, -0.1) is 0 Å². The van der Waals surface area contributed by atoms with Crippen molar-refractivity contribution in [2.75, 3.05) is 6.54 Å². The van der Waals surface area contributed by atoms with E-state index in [9.17, 15) is 14.7 Å². The molecule has 0 aromatic heterocycles. The summed E-state index contributed by atoms with van der Waals surface area (Å²) in [4.78, 5) is 26.1. The van der Waals surface area contributed by atoms with Gasteiger partial charge in [0.25, 0.3) is 0 Å². The number of carbonyl (C=O) groups excluding carboxylic acids is 1. The molecule has 1 heterocycles. The highest BCUT2D eigenvalue weighted by atomic mass is 35.5. The topological polar surface area (TPSA) is 69.6 Å². The molecule has 1 saturated heterocycles. The Labute approximate surface area is 163 Å². The molecule has 5 nitrogen and oxygen atoms in total. The molecule has 142 valence electrons. The lowest BCUT2D eigenvalue weighted by Gasteiger charge is -2.32. The molecular weight excluding hydrogens is 375 g/mol. The number of carboxylic acids is 1. The Morgan fingerprint density at radius 3 is 2.69 bits per heavy atom. The molecule has 1 aliphatic carbocycles. The van der Waals surface area contributed by atoms with Crippen LogP contribution in [0.5, 0.6) is 0 Å². The van der Waals surface area contributed by atoms with Crippen LogP contribution in [-0.2, 0) is 9.59 Å². The Kier molecular flexibility index (Phi) is 6.10. The minimum Gasteiger partial charge on any atom is -0.480 e. The van der Waals surface area contributed by atoms with Crippen molar-refractivity contribution in [1.82, 2.24) is 10.2 Å². The van der Waals surface area contributed by atoms with Gasteiger partial charge in [0.2, 0.25) is 5.91 Å². The molecule has 3 rings (SSSR count). The molecule has 4 atom stereocenters. The maximum absolute atomic E-state index is 12.6. The van der Waals surface area contributed by atoms with E-state index in [1.807, 2.05) is 17.9 Å². The van der Waals surface area contributed by atoms with Crippen LogP contribution in [0.2, 0.25) is 10.0 Å². The average Bonchev–Trinajstić information content (AvgIpc) is 2.96. The quantitative estimate of drug-likeness (QED) is 0.788. The first kappa shape index (κ1) is 19.5. The molecule has 1 saturated carbocycles. The van der Waals surface area contributed by atoms with E-state index in [0.29, 0.717) is 22.4 Å². The number of benzene rings is 1. The third-order valence-electron chi connectivity index (χ3n) is 5.65. The molecule has 1 aromatic rings. The second-order valence-electron chi connectivity index (χ2n) is 7.34. The van der Waals surface area contributed by atoms with Crippen molar-refractivity contribution in [3.05, 3.63) is 33.8 Å². The highest BCUT2D eigenvalue weighted by Gasteiger charge is 2.45. The Morgan fingerprint density at radius 2 is 2.00 bits per heavy atom. The van der Waals surface area contributed by atoms with Gasteiger partial charge in [-0.25, -0.2) is 0 Å². The highest BCUT2D eigenvalue weighted by Crippen LogP contribution is 2.39. The highest BCUT2D eigenvalue weighted by molar-refractivity contribution is 6.42. The van der Waals surface area contributed by atoms with Gasteiger partial charge in [-0.05, 0) is 49.8 Å². The fourth-order valence-corrected chi connectivity index (χ4v) is 4.65. The van der Waals surface area contributed by atoms with Crippen LogP contribution in [0, 0.1) is 5.92 Å². The molecule has 1 aliphatic heterocycles. The number of aliphatic carboxylic acids is 1. The Balaban J connectivity index is 1.65. The Morgan fingerprint density at radius 1 is 1.27 bits per heavy atom. The lowest BCUT2D eigenvalue weighted by molar-refractivity contribution is -0.143. The molecule has 2 N–H and O–H groups in total. The number of fused-ring (bicyclic) bond motifs is 1. The fourth-order valence-electron chi connectivity index (χ4n) is 4.34. The summed E-state index contributed by atoms with van der Waals surface area (Å²) in [5, 5.41) is 13.4. The fraction of sp³-hybridized carbons (Fsp3) is 0.579. The maximum atomic E-state index is 12.6. The van der Waals surface area contributed by atoms with Crippen LogP contribution < -0.4 is 5.32 Å². The van der Waals surface area contributed by atoms with Gasteiger partial charge in [0, 0.05) is 6.04 Å². The zero-order chi connectivity index (χ0) is 18.8. The first-order valence-electron chi connectivity index (χ1n) is 9.09. The lowest BCUT2D eigenvalue weighted by atomic mass is 9.85. The van der Waals surface area contributed by atoms with E-state index in [4.69, 9.17) is 23.2 Å². The van der Waals surface area contributed by atoms with Crippen molar-refractivity contribution >= 4 is 35.1 Å². The molecule has 7 heteroatoms. The van der Waals surface area contributed by atoms with Gasteiger partial charge in [0.15, 0.2) is 0 Å². The summed E-state index contributed by atoms with van der Waals surface area (Å²) in [6.45, 7) is 1.99. The predicted octanol–water partition coefficient (Wildman–Crippen LogP) is 3.89. The number of hydrogen-bond acceptors (Lipinski definition) is 3. The first-order chi connectivity index (χ1) is 12.4. The first-order valence-corrected chi connectivity index (χ1v) is 9.85. The number of nitrogens with one attached hydrogen (secondary N) is 1. The van der Waals surface area contributed by atoms with Crippen LogP contribution in [0.25, 0.3) is 0 Å². The van der Waals surface area contributed by atoms with E-state index in [1.165, 1.54) is 0 Å². The number of carbonyl (C=O) groups is 2. The SMILES string of the molecule is CC(NC(=O)CN1C(C(=O)O)CC2CCCCC21)c1ccc(Cl)c(Cl)c1. The van der Waals surface area contributed by atoms with Gasteiger partial charge >= 0.3 is 5.97 Å². The zero-order valence-electron chi connectivity index (χ0n) is 14.8. The van der Waals surface area contributed by atoms with E-state index in [2.05, 4.69) is 5.32 Å². The van der Waals surface area contributed by atoms with E-state index < -0.39 is 12.0 Å². The van der Waals surface area contributed by atoms with Gasteiger partial charge in [-0.2, -0.15) is 0 Å². The molecule has 2 aliphatic rings. The van der Waals surface area contributed by atoms with E-state index in [-0.39, 0.29) is 24.5 Å². The molecule has 0 bridgehead atoms. The normalized spacial score (nSPS) is 27.0. The van der Waals surface area contributed by atoms with Crippen LogP contribution >= 0.6 is 23.2 Å². The Hall–Kier alpha value is -1.30. The summed E-state index contributed by atoms with van der Waals surface area (Å²) in [6, 6.07) is 4.68. The zero-order valence-corrected chi connectivity index (χ0v) is 16.3. The summed E-state index contributed by atoms with van der Waals surface area (Å²) in [7, 11) is 0. The number of halogens is 2. The predicted molar refractivity (Wildman–Crippen MR) is 102 cm³/mol. The summed E-state index contributed by atoms with van der Waals surface area (Å²) < 4.78 is 0. The van der Waals surface area contributed by atoms with Crippen LogP contribution in [0.1, 0.15) is 50.6 Å². The van der Waals surface area contributed by atoms with Crippen molar-refractivity contribution in [2.45, 2.75) is 57.2 Å². The molecular formula is C19H24Cl2N2O3. The van der Waals surface area contributed by atoms with Crippen LogP contribution in [0.4, 0.5) is 0 Å². The van der Waals surface area contributed by atoms with E-state index in [0.717, 1.165) is 31.2 Å². The number of likely N-dealkylation sites (tertiary alicyclic amines) is 1. The van der Waals surface area contributed by atoms with Crippen LogP contribution in [-0.4, -0.2) is 40.5 Å². The largest absolute Gasteiger partial charge is 0.480 e. The third kappa shape index (κ3) is 4.16. The minimum absolute atomic E-state index is 0.115. The van der Waals surface area contributed by atoms with Gasteiger partial charge < -0.3 is 10.4 Å². The van der Waals surface area contributed by atoms with Crippen LogP contribution in [0.3, 0.4) is 0 Å². The van der Waals surface area contributed by atoms with Crippen molar-refractivity contribution in [3.8, 4) is 0 Å². The molecule has 26 heavy (non-hydrogen) atoms. The Bertz CT molecular complexity index is 697. The molecule has 2 fully saturated rings. The number of rotatable bonds is 5.